The molecule has 0 aliphatic carbocycles. The molecule has 0 saturated heterocycles. The molecular weight excluding hydrogens is 272 g/mol. The number of carboxylic acids is 1. The van der Waals surface area contributed by atoms with Crippen LogP contribution in [0.15, 0.2) is 24.3 Å². The number of likely N-dealkylation sites (N-methyl/N-ethyl adjacent to an activating group) is 1. The standard InChI is InChI=1S/C11H14N2O5S/c1-13(6-10(12)14)19(17,18)7-8-3-2-4-9(5-8)11(15)16/h2-5H,6-7H2,1H3,(H2,12,14)(H,15,16). The summed E-state index contributed by atoms with van der Waals surface area (Å²) in [4.78, 5) is 21.5. The molecule has 1 aromatic carbocycles. The smallest absolute Gasteiger partial charge is 0.335 e. The van der Waals surface area contributed by atoms with E-state index in [4.69, 9.17) is 10.8 Å². The first-order valence-corrected chi connectivity index (χ1v) is 6.88. The van der Waals surface area contributed by atoms with Crippen LogP contribution in [0.25, 0.3) is 0 Å². The lowest BCUT2D eigenvalue weighted by atomic mass is 10.1. The summed E-state index contributed by atoms with van der Waals surface area (Å²) in [6, 6.07) is 5.61. The second-order valence-corrected chi connectivity index (χ2v) is 6.06. The lowest BCUT2D eigenvalue weighted by Crippen LogP contribution is -2.36. The maximum atomic E-state index is 11.9. The monoisotopic (exact) mass is 286 g/mol. The second-order valence-electron chi connectivity index (χ2n) is 3.98. The van der Waals surface area contributed by atoms with E-state index >= 15 is 0 Å². The van der Waals surface area contributed by atoms with E-state index in [1.54, 1.807) is 0 Å². The second kappa shape index (κ2) is 5.81. The van der Waals surface area contributed by atoms with Gasteiger partial charge >= 0.3 is 5.97 Å². The third-order valence-electron chi connectivity index (χ3n) is 2.38. The average Bonchev–Trinajstić information content (AvgIpc) is 2.27. The summed E-state index contributed by atoms with van der Waals surface area (Å²) < 4.78 is 24.6. The summed E-state index contributed by atoms with van der Waals surface area (Å²) in [5.41, 5.74) is 5.26. The van der Waals surface area contributed by atoms with Crippen molar-refractivity contribution in [2.45, 2.75) is 5.75 Å². The van der Waals surface area contributed by atoms with E-state index in [0.29, 0.717) is 5.56 Å². The van der Waals surface area contributed by atoms with Crippen molar-refractivity contribution in [2.24, 2.45) is 5.73 Å². The fraction of sp³-hybridized carbons (Fsp3) is 0.273. The van der Waals surface area contributed by atoms with Gasteiger partial charge in [-0.05, 0) is 17.7 Å². The quantitative estimate of drug-likeness (QED) is 0.740. The molecule has 0 aliphatic rings. The van der Waals surface area contributed by atoms with Crippen molar-refractivity contribution in [1.82, 2.24) is 4.31 Å². The minimum Gasteiger partial charge on any atom is -0.478 e. The maximum Gasteiger partial charge on any atom is 0.335 e. The number of hydrogen-bond acceptors (Lipinski definition) is 4. The van der Waals surface area contributed by atoms with Crippen molar-refractivity contribution in [3.63, 3.8) is 0 Å². The molecule has 0 aliphatic heterocycles. The first-order valence-electron chi connectivity index (χ1n) is 5.27. The van der Waals surface area contributed by atoms with Crippen LogP contribution in [0.2, 0.25) is 0 Å². The molecule has 0 fully saturated rings. The van der Waals surface area contributed by atoms with Gasteiger partial charge in [-0.2, -0.15) is 4.31 Å². The van der Waals surface area contributed by atoms with Gasteiger partial charge in [0, 0.05) is 7.05 Å². The number of carboxylic acid groups (broad SMARTS) is 1. The normalized spacial score (nSPS) is 11.5. The van der Waals surface area contributed by atoms with Crippen molar-refractivity contribution in [3.8, 4) is 0 Å². The predicted molar refractivity (Wildman–Crippen MR) is 67.8 cm³/mol. The molecule has 0 unspecified atom stereocenters. The van der Waals surface area contributed by atoms with Gasteiger partial charge in [0.15, 0.2) is 0 Å². The fourth-order valence-electron chi connectivity index (χ4n) is 1.43. The molecule has 8 heteroatoms. The Morgan fingerprint density at radius 3 is 2.53 bits per heavy atom. The third-order valence-corrected chi connectivity index (χ3v) is 4.15. The number of primary amides is 1. The highest BCUT2D eigenvalue weighted by molar-refractivity contribution is 7.88. The van der Waals surface area contributed by atoms with Crippen LogP contribution in [0.1, 0.15) is 15.9 Å². The van der Waals surface area contributed by atoms with Gasteiger partial charge in [0.1, 0.15) is 0 Å². The highest BCUT2D eigenvalue weighted by atomic mass is 32.2. The van der Waals surface area contributed by atoms with E-state index in [1.165, 1.54) is 31.3 Å². The van der Waals surface area contributed by atoms with E-state index < -0.39 is 34.2 Å². The van der Waals surface area contributed by atoms with Gasteiger partial charge in [-0.1, -0.05) is 12.1 Å². The van der Waals surface area contributed by atoms with Gasteiger partial charge in [0.2, 0.25) is 15.9 Å². The van der Waals surface area contributed by atoms with E-state index in [0.717, 1.165) is 4.31 Å². The Labute approximate surface area is 110 Å². The number of rotatable bonds is 6. The van der Waals surface area contributed by atoms with Crippen LogP contribution >= 0.6 is 0 Å². The summed E-state index contributed by atoms with van der Waals surface area (Å²) >= 11 is 0. The number of carbonyl (C=O) groups excluding carboxylic acids is 1. The molecule has 0 saturated carbocycles. The summed E-state index contributed by atoms with van der Waals surface area (Å²) in [6.45, 7) is -0.416. The van der Waals surface area contributed by atoms with Crippen LogP contribution in [-0.2, 0) is 20.6 Å². The van der Waals surface area contributed by atoms with Crippen LogP contribution in [-0.4, -0.2) is 43.3 Å². The van der Waals surface area contributed by atoms with E-state index in [2.05, 4.69) is 0 Å². The summed E-state index contributed by atoms with van der Waals surface area (Å²) in [7, 11) is -2.47. The van der Waals surface area contributed by atoms with Gasteiger partial charge in [-0.3, -0.25) is 4.79 Å². The predicted octanol–water partition coefficient (Wildman–Crippen LogP) is -0.368. The molecule has 0 atom stereocenters. The molecule has 1 aromatic rings. The van der Waals surface area contributed by atoms with E-state index in [9.17, 15) is 18.0 Å². The van der Waals surface area contributed by atoms with Crippen LogP contribution in [0.4, 0.5) is 0 Å². The van der Waals surface area contributed by atoms with Crippen LogP contribution in [0, 0.1) is 0 Å². The summed E-state index contributed by atoms with van der Waals surface area (Å²) in [5.74, 6) is -2.28. The molecule has 19 heavy (non-hydrogen) atoms. The molecule has 1 amide bonds. The first-order chi connectivity index (χ1) is 8.72. The Morgan fingerprint density at radius 2 is 2.00 bits per heavy atom. The Morgan fingerprint density at radius 1 is 1.37 bits per heavy atom. The highest BCUT2D eigenvalue weighted by Gasteiger charge is 2.20. The maximum absolute atomic E-state index is 11.9. The van der Waals surface area contributed by atoms with Gasteiger partial charge in [-0.15, -0.1) is 0 Å². The Kier molecular flexibility index (Phi) is 4.62. The zero-order valence-corrected chi connectivity index (χ0v) is 11.1. The van der Waals surface area contributed by atoms with Gasteiger partial charge in [0.05, 0.1) is 17.9 Å². The number of hydrogen-bond donors (Lipinski definition) is 2. The Balaban J connectivity index is 2.92. The number of carbonyl (C=O) groups is 2. The molecule has 104 valence electrons. The third kappa shape index (κ3) is 4.34. The molecular formula is C11H14N2O5S. The topological polar surface area (TPSA) is 118 Å². The van der Waals surface area contributed by atoms with Crippen LogP contribution < -0.4 is 5.73 Å². The lowest BCUT2D eigenvalue weighted by molar-refractivity contribution is -0.118. The first kappa shape index (κ1) is 15.1. The van der Waals surface area contributed by atoms with E-state index in [-0.39, 0.29) is 5.56 Å². The molecule has 0 heterocycles. The summed E-state index contributed by atoms with van der Waals surface area (Å²) in [6.07, 6.45) is 0. The molecule has 1 rings (SSSR count). The molecule has 3 N–H and O–H groups in total. The molecule has 0 spiro atoms. The molecule has 7 nitrogen and oxygen atoms in total. The number of nitrogens with zero attached hydrogens (tertiary/aromatic N) is 1. The SMILES string of the molecule is CN(CC(N)=O)S(=O)(=O)Cc1cccc(C(=O)O)c1. The fourth-order valence-corrected chi connectivity index (χ4v) is 2.58. The van der Waals surface area contributed by atoms with E-state index in [1.807, 2.05) is 0 Å². The zero-order chi connectivity index (χ0) is 14.6. The van der Waals surface area contributed by atoms with Crippen LogP contribution in [0.5, 0.6) is 0 Å². The number of aromatic carboxylic acids is 1. The van der Waals surface area contributed by atoms with Crippen molar-refractivity contribution < 1.29 is 23.1 Å². The van der Waals surface area contributed by atoms with Gasteiger partial charge in [0.25, 0.3) is 0 Å². The van der Waals surface area contributed by atoms with Gasteiger partial charge in [-0.25, -0.2) is 13.2 Å². The van der Waals surface area contributed by atoms with Gasteiger partial charge < -0.3 is 10.8 Å². The van der Waals surface area contributed by atoms with Crippen molar-refractivity contribution >= 4 is 21.9 Å². The zero-order valence-electron chi connectivity index (χ0n) is 10.2. The number of benzene rings is 1. The average molecular weight is 286 g/mol. The number of sulfonamides is 1. The minimum atomic E-state index is -3.71. The number of nitrogens with two attached hydrogens (primary N) is 1. The van der Waals surface area contributed by atoms with Crippen molar-refractivity contribution in [3.05, 3.63) is 35.4 Å². The van der Waals surface area contributed by atoms with Crippen molar-refractivity contribution in [1.29, 1.82) is 0 Å². The Hall–Kier alpha value is -1.93. The van der Waals surface area contributed by atoms with Crippen LogP contribution in [0.3, 0.4) is 0 Å². The summed E-state index contributed by atoms with van der Waals surface area (Å²) in [5, 5.41) is 8.81. The highest BCUT2D eigenvalue weighted by Crippen LogP contribution is 2.11. The molecule has 0 radical (unpaired) electrons. The molecule has 0 bridgehead atoms. The number of amides is 1. The Bertz CT molecular complexity index is 597. The minimum absolute atomic E-state index is 0.00487. The lowest BCUT2D eigenvalue weighted by Gasteiger charge is -2.15. The molecule has 0 aromatic heterocycles. The largest absolute Gasteiger partial charge is 0.478 e. The van der Waals surface area contributed by atoms with Crippen molar-refractivity contribution in [2.75, 3.05) is 13.6 Å².